The molecule has 2 aliphatic heterocycles. The third-order valence-corrected chi connectivity index (χ3v) is 4.67. The van der Waals surface area contributed by atoms with Crippen molar-refractivity contribution in [1.29, 1.82) is 0 Å². The Morgan fingerprint density at radius 3 is 2.80 bits per heavy atom. The highest BCUT2D eigenvalue weighted by atomic mass is 79.9. The second kappa shape index (κ2) is 3.60. The van der Waals surface area contributed by atoms with Gasteiger partial charge in [0.05, 0.1) is 0 Å². The van der Waals surface area contributed by atoms with Crippen LogP contribution in [0.4, 0.5) is 0 Å². The maximum absolute atomic E-state index is 3.64. The van der Waals surface area contributed by atoms with Crippen LogP contribution in [0.25, 0.3) is 0 Å². The van der Waals surface area contributed by atoms with Gasteiger partial charge in [0.25, 0.3) is 0 Å². The molecule has 0 radical (unpaired) electrons. The lowest BCUT2D eigenvalue weighted by Gasteiger charge is -2.53. The van der Waals surface area contributed by atoms with Gasteiger partial charge in [-0.15, -0.1) is 0 Å². The summed E-state index contributed by atoms with van der Waals surface area (Å²) in [5.74, 6) is 0.959. The van der Waals surface area contributed by atoms with E-state index in [9.17, 15) is 0 Å². The molecule has 4 rings (SSSR count). The van der Waals surface area contributed by atoms with Crippen molar-refractivity contribution < 1.29 is 0 Å². The van der Waals surface area contributed by atoms with Crippen molar-refractivity contribution in [2.75, 3.05) is 13.1 Å². The molecule has 0 aromatic heterocycles. The third kappa shape index (κ3) is 1.74. The van der Waals surface area contributed by atoms with Gasteiger partial charge >= 0.3 is 0 Å². The second-order valence-corrected chi connectivity index (χ2v) is 6.03. The topological polar surface area (TPSA) is 12.0 Å². The molecule has 1 aromatic carbocycles. The van der Waals surface area contributed by atoms with E-state index in [0.29, 0.717) is 5.41 Å². The Balaban J connectivity index is 1.78. The minimum Gasteiger partial charge on any atom is -0.316 e. The van der Waals surface area contributed by atoms with Gasteiger partial charge in [0, 0.05) is 11.0 Å². The highest BCUT2D eigenvalue weighted by molar-refractivity contribution is 9.10. The van der Waals surface area contributed by atoms with Crippen LogP contribution in [0.3, 0.4) is 0 Å². The highest BCUT2D eigenvalue weighted by Gasteiger charge is 2.46. The lowest BCUT2D eigenvalue weighted by molar-refractivity contribution is 0.0144. The molecular formula is C13H16BrN. The molecule has 1 aromatic rings. The lowest BCUT2D eigenvalue weighted by Crippen LogP contribution is -2.55. The van der Waals surface area contributed by atoms with Gasteiger partial charge in [0.15, 0.2) is 0 Å². The van der Waals surface area contributed by atoms with E-state index in [4.69, 9.17) is 0 Å². The van der Waals surface area contributed by atoms with Crippen LogP contribution in [-0.4, -0.2) is 13.1 Å². The fourth-order valence-corrected chi connectivity index (χ4v) is 3.67. The number of hydrogen-bond acceptors (Lipinski definition) is 1. The summed E-state index contributed by atoms with van der Waals surface area (Å²) in [5.41, 5.74) is 2.05. The van der Waals surface area contributed by atoms with Gasteiger partial charge in [-0.05, 0) is 48.8 Å². The Kier molecular flexibility index (Phi) is 2.37. The van der Waals surface area contributed by atoms with E-state index in [0.717, 1.165) is 5.92 Å². The van der Waals surface area contributed by atoms with Gasteiger partial charge in [0.2, 0.25) is 0 Å². The van der Waals surface area contributed by atoms with Crippen LogP contribution in [-0.2, 0) is 6.42 Å². The van der Waals surface area contributed by atoms with Crippen LogP contribution in [0.5, 0.6) is 0 Å². The standard InChI is InChI=1S/C13H16BrN/c14-12-4-2-1-3-11(12)7-13-5-10(6-13)8-15-9-13/h1-4,10,15H,5-9H2. The Morgan fingerprint density at radius 2 is 2.13 bits per heavy atom. The molecule has 0 unspecified atom stereocenters. The minimum atomic E-state index is 0.576. The Bertz CT molecular complexity index is 363. The largest absolute Gasteiger partial charge is 0.316 e. The van der Waals surface area contributed by atoms with E-state index in [1.54, 1.807) is 0 Å². The summed E-state index contributed by atoms with van der Waals surface area (Å²) in [6.45, 7) is 2.46. The SMILES string of the molecule is Brc1ccccc1CC12CNCC(C1)C2. The van der Waals surface area contributed by atoms with E-state index in [-0.39, 0.29) is 0 Å². The number of piperidine rings is 2. The predicted octanol–water partition coefficient (Wildman–Crippen LogP) is 2.99. The van der Waals surface area contributed by atoms with E-state index < -0.39 is 0 Å². The Hall–Kier alpha value is -0.340. The molecule has 1 saturated carbocycles. The smallest absolute Gasteiger partial charge is 0.0207 e. The zero-order chi connectivity index (χ0) is 10.3. The van der Waals surface area contributed by atoms with Gasteiger partial charge in [0.1, 0.15) is 0 Å². The van der Waals surface area contributed by atoms with Crippen LogP contribution in [0.15, 0.2) is 28.7 Å². The van der Waals surface area contributed by atoms with Crippen LogP contribution in [0, 0.1) is 11.3 Å². The van der Waals surface area contributed by atoms with Crippen LogP contribution in [0.2, 0.25) is 0 Å². The molecular weight excluding hydrogens is 250 g/mol. The monoisotopic (exact) mass is 265 g/mol. The predicted molar refractivity (Wildman–Crippen MR) is 65.9 cm³/mol. The molecule has 0 spiro atoms. The van der Waals surface area contributed by atoms with Gasteiger partial charge in [-0.2, -0.15) is 0 Å². The molecule has 1 nitrogen and oxygen atoms in total. The lowest BCUT2D eigenvalue weighted by atomic mass is 9.57. The normalized spacial score (nSPS) is 33.5. The molecule has 15 heavy (non-hydrogen) atoms. The molecule has 3 aliphatic rings. The molecule has 1 aliphatic carbocycles. The summed E-state index contributed by atoms with van der Waals surface area (Å²) >= 11 is 3.64. The first-order valence-electron chi connectivity index (χ1n) is 5.72. The maximum Gasteiger partial charge on any atom is 0.0207 e. The van der Waals surface area contributed by atoms with Crippen molar-refractivity contribution in [3.63, 3.8) is 0 Å². The van der Waals surface area contributed by atoms with Crippen molar-refractivity contribution in [2.45, 2.75) is 19.3 Å². The average Bonchev–Trinajstić information content (AvgIpc) is 2.21. The highest BCUT2D eigenvalue weighted by Crippen LogP contribution is 2.50. The molecule has 2 heteroatoms. The number of nitrogens with one attached hydrogen (secondary N) is 1. The van der Waals surface area contributed by atoms with Gasteiger partial charge < -0.3 is 5.32 Å². The molecule has 3 fully saturated rings. The Labute approximate surface area is 99.4 Å². The molecule has 80 valence electrons. The molecule has 2 saturated heterocycles. The van der Waals surface area contributed by atoms with Crippen LogP contribution in [0.1, 0.15) is 18.4 Å². The first-order valence-corrected chi connectivity index (χ1v) is 6.51. The summed E-state index contributed by atoms with van der Waals surface area (Å²) in [4.78, 5) is 0. The average molecular weight is 266 g/mol. The molecule has 0 amide bonds. The van der Waals surface area contributed by atoms with E-state index >= 15 is 0 Å². The fourth-order valence-electron chi connectivity index (χ4n) is 3.25. The van der Waals surface area contributed by atoms with Gasteiger partial charge in [-0.3, -0.25) is 0 Å². The number of halogens is 1. The van der Waals surface area contributed by atoms with Crippen molar-refractivity contribution in [2.24, 2.45) is 11.3 Å². The van der Waals surface area contributed by atoms with Gasteiger partial charge in [-0.1, -0.05) is 34.1 Å². The number of fused-ring (bicyclic) bond motifs is 2. The van der Waals surface area contributed by atoms with Crippen molar-refractivity contribution in [3.8, 4) is 0 Å². The summed E-state index contributed by atoms with van der Waals surface area (Å²) in [7, 11) is 0. The third-order valence-electron chi connectivity index (χ3n) is 3.90. The van der Waals surface area contributed by atoms with Crippen molar-refractivity contribution in [3.05, 3.63) is 34.3 Å². The quantitative estimate of drug-likeness (QED) is 0.867. The Morgan fingerprint density at radius 1 is 1.33 bits per heavy atom. The molecule has 2 bridgehead atoms. The van der Waals surface area contributed by atoms with Crippen LogP contribution >= 0.6 is 15.9 Å². The second-order valence-electron chi connectivity index (χ2n) is 5.17. The first-order chi connectivity index (χ1) is 7.27. The summed E-state index contributed by atoms with van der Waals surface area (Å²) < 4.78 is 1.27. The molecule has 0 atom stereocenters. The zero-order valence-electron chi connectivity index (χ0n) is 8.80. The first kappa shape index (κ1) is 9.86. The van der Waals surface area contributed by atoms with Crippen molar-refractivity contribution in [1.82, 2.24) is 5.32 Å². The summed E-state index contributed by atoms with van der Waals surface area (Å²) in [6, 6.07) is 8.64. The van der Waals surface area contributed by atoms with E-state index in [2.05, 4.69) is 45.5 Å². The molecule has 1 N–H and O–H groups in total. The summed E-state index contributed by atoms with van der Waals surface area (Å²) in [5, 5.41) is 3.55. The zero-order valence-corrected chi connectivity index (χ0v) is 10.4. The molecule has 2 heterocycles. The van der Waals surface area contributed by atoms with Crippen LogP contribution < -0.4 is 5.32 Å². The van der Waals surface area contributed by atoms with Crippen molar-refractivity contribution >= 4 is 15.9 Å². The summed E-state index contributed by atoms with van der Waals surface area (Å²) in [6.07, 6.45) is 4.10. The van der Waals surface area contributed by atoms with Gasteiger partial charge in [-0.25, -0.2) is 0 Å². The van der Waals surface area contributed by atoms with E-state index in [1.807, 2.05) is 0 Å². The number of hydrogen-bond donors (Lipinski definition) is 1. The van der Waals surface area contributed by atoms with E-state index in [1.165, 1.54) is 42.4 Å². The number of benzene rings is 1. The minimum absolute atomic E-state index is 0.576. The fraction of sp³-hybridized carbons (Fsp3) is 0.538. The number of rotatable bonds is 2. The maximum atomic E-state index is 3.64.